The van der Waals surface area contributed by atoms with Crippen molar-refractivity contribution in [3.8, 4) is 11.3 Å². The van der Waals surface area contributed by atoms with Gasteiger partial charge < -0.3 is 10.6 Å². The highest BCUT2D eigenvalue weighted by Crippen LogP contribution is 2.25. The maximum Gasteiger partial charge on any atom is 0.251 e. The summed E-state index contributed by atoms with van der Waals surface area (Å²) in [5.41, 5.74) is 3.47. The van der Waals surface area contributed by atoms with Crippen LogP contribution in [0.3, 0.4) is 0 Å². The zero-order valence-electron chi connectivity index (χ0n) is 14.0. The third-order valence-corrected chi connectivity index (χ3v) is 4.85. The van der Waals surface area contributed by atoms with Gasteiger partial charge in [-0.25, -0.2) is 4.98 Å². The fourth-order valence-corrected chi connectivity index (χ4v) is 3.38. The van der Waals surface area contributed by atoms with Crippen LogP contribution >= 0.6 is 27.3 Å². The van der Waals surface area contributed by atoms with Crippen molar-refractivity contribution < 1.29 is 9.59 Å². The highest BCUT2D eigenvalue weighted by molar-refractivity contribution is 9.10. The molecule has 3 aromatic rings. The molecule has 0 aliphatic carbocycles. The predicted octanol–water partition coefficient (Wildman–Crippen LogP) is 4.25. The Labute approximate surface area is 163 Å². The number of amides is 2. The van der Waals surface area contributed by atoms with Crippen molar-refractivity contribution in [2.24, 2.45) is 0 Å². The quantitative estimate of drug-likeness (QED) is 0.636. The van der Waals surface area contributed by atoms with E-state index in [0.717, 1.165) is 15.7 Å². The highest BCUT2D eigenvalue weighted by atomic mass is 79.9. The van der Waals surface area contributed by atoms with Crippen molar-refractivity contribution in [2.75, 3.05) is 11.9 Å². The Morgan fingerprint density at radius 2 is 1.92 bits per heavy atom. The summed E-state index contributed by atoms with van der Waals surface area (Å²) in [6, 6.07) is 15.0. The first-order valence-electron chi connectivity index (χ1n) is 7.87. The van der Waals surface area contributed by atoms with Crippen LogP contribution in [0.5, 0.6) is 0 Å². The lowest BCUT2D eigenvalue weighted by atomic mass is 10.1. The number of hydrogen-bond acceptors (Lipinski definition) is 4. The summed E-state index contributed by atoms with van der Waals surface area (Å²) in [6.07, 6.45) is 0. The first-order chi connectivity index (χ1) is 12.5. The molecule has 0 atom stereocenters. The number of carbonyl (C=O) groups is 2. The number of nitrogens with zero attached hydrogens (tertiary/aromatic N) is 1. The molecule has 132 valence electrons. The number of aromatic nitrogens is 1. The number of carbonyl (C=O) groups excluding carboxylic acids is 2. The normalized spacial score (nSPS) is 10.4. The second-order valence-electron chi connectivity index (χ2n) is 5.65. The number of aryl methyl sites for hydroxylation is 1. The van der Waals surface area contributed by atoms with E-state index in [1.54, 1.807) is 18.2 Å². The Morgan fingerprint density at radius 3 is 2.65 bits per heavy atom. The molecule has 0 unspecified atom stereocenters. The van der Waals surface area contributed by atoms with E-state index in [0.29, 0.717) is 10.7 Å². The van der Waals surface area contributed by atoms with Crippen LogP contribution in [-0.2, 0) is 4.79 Å². The van der Waals surface area contributed by atoms with Crippen molar-refractivity contribution >= 4 is 44.2 Å². The lowest BCUT2D eigenvalue weighted by Gasteiger charge is -2.05. The molecule has 5 nitrogen and oxygen atoms in total. The number of nitrogens with one attached hydrogen (secondary N) is 2. The summed E-state index contributed by atoms with van der Waals surface area (Å²) in [5, 5.41) is 7.69. The fourth-order valence-electron chi connectivity index (χ4n) is 2.24. The molecule has 26 heavy (non-hydrogen) atoms. The minimum Gasteiger partial charge on any atom is -0.343 e. The number of benzene rings is 2. The average molecular weight is 430 g/mol. The summed E-state index contributed by atoms with van der Waals surface area (Å²) in [5.74, 6) is -0.626. The van der Waals surface area contributed by atoms with E-state index >= 15 is 0 Å². The molecule has 1 heterocycles. The van der Waals surface area contributed by atoms with Gasteiger partial charge in [0.25, 0.3) is 5.91 Å². The molecule has 2 amide bonds. The number of halogens is 1. The van der Waals surface area contributed by atoms with E-state index in [1.807, 2.05) is 42.6 Å². The molecule has 0 aliphatic heterocycles. The van der Waals surface area contributed by atoms with Gasteiger partial charge in [0.1, 0.15) is 0 Å². The molecule has 0 aliphatic rings. The lowest BCUT2D eigenvalue weighted by Crippen LogP contribution is -2.32. The van der Waals surface area contributed by atoms with Crippen LogP contribution in [0, 0.1) is 6.92 Å². The minimum absolute atomic E-state index is 0.120. The maximum absolute atomic E-state index is 12.0. The monoisotopic (exact) mass is 429 g/mol. The van der Waals surface area contributed by atoms with E-state index < -0.39 is 0 Å². The third-order valence-electron chi connectivity index (χ3n) is 3.59. The molecule has 0 radical (unpaired) electrons. The molecular weight excluding hydrogens is 414 g/mol. The van der Waals surface area contributed by atoms with Gasteiger partial charge in [0.15, 0.2) is 5.13 Å². The third kappa shape index (κ3) is 4.77. The van der Waals surface area contributed by atoms with Gasteiger partial charge in [-0.1, -0.05) is 51.8 Å². The van der Waals surface area contributed by atoms with Crippen LogP contribution in [0.1, 0.15) is 15.9 Å². The molecule has 3 rings (SSSR count). The van der Waals surface area contributed by atoms with Gasteiger partial charge in [-0.2, -0.15) is 0 Å². The van der Waals surface area contributed by atoms with Crippen molar-refractivity contribution in [1.29, 1.82) is 0 Å². The molecule has 7 heteroatoms. The maximum atomic E-state index is 12.0. The number of anilines is 1. The number of rotatable bonds is 5. The van der Waals surface area contributed by atoms with E-state index in [9.17, 15) is 9.59 Å². The van der Waals surface area contributed by atoms with Crippen molar-refractivity contribution in [3.05, 3.63) is 69.5 Å². The minimum atomic E-state index is -0.321. The van der Waals surface area contributed by atoms with E-state index in [-0.39, 0.29) is 18.4 Å². The van der Waals surface area contributed by atoms with Crippen LogP contribution in [0.4, 0.5) is 5.13 Å². The second-order valence-corrected chi connectivity index (χ2v) is 7.42. The Hall–Kier alpha value is -2.51. The van der Waals surface area contributed by atoms with Crippen molar-refractivity contribution in [1.82, 2.24) is 10.3 Å². The summed E-state index contributed by atoms with van der Waals surface area (Å²) < 4.78 is 0.807. The fraction of sp³-hybridized carbons (Fsp3) is 0.105. The van der Waals surface area contributed by atoms with E-state index in [4.69, 9.17) is 0 Å². The van der Waals surface area contributed by atoms with Crippen molar-refractivity contribution in [2.45, 2.75) is 6.92 Å². The molecule has 1 aromatic heterocycles. The number of thiazole rings is 1. The SMILES string of the molecule is Cc1ccc(-c2csc(NC(=O)CNC(=O)c3cccc(Br)c3)n2)cc1. The molecule has 2 aromatic carbocycles. The second kappa shape index (κ2) is 8.25. The van der Waals surface area contributed by atoms with Crippen LogP contribution in [0.25, 0.3) is 11.3 Å². The zero-order valence-corrected chi connectivity index (χ0v) is 16.4. The molecular formula is C19H16BrN3O2S. The lowest BCUT2D eigenvalue weighted by molar-refractivity contribution is -0.115. The Bertz CT molecular complexity index is 938. The van der Waals surface area contributed by atoms with Gasteiger partial charge in [0.2, 0.25) is 5.91 Å². The highest BCUT2D eigenvalue weighted by Gasteiger charge is 2.11. The van der Waals surface area contributed by atoms with Gasteiger partial charge in [0, 0.05) is 21.0 Å². The van der Waals surface area contributed by atoms with E-state index in [1.165, 1.54) is 16.9 Å². The first-order valence-corrected chi connectivity index (χ1v) is 9.55. The van der Waals surface area contributed by atoms with Crippen LogP contribution < -0.4 is 10.6 Å². The Morgan fingerprint density at radius 1 is 1.15 bits per heavy atom. The molecule has 0 fully saturated rings. The standard InChI is InChI=1S/C19H16BrN3O2S/c1-12-5-7-13(8-6-12)16-11-26-19(22-16)23-17(24)10-21-18(25)14-3-2-4-15(20)9-14/h2-9,11H,10H2,1H3,(H,21,25)(H,22,23,24). The predicted molar refractivity (Wildman–Crippen MR) is 107 cm³/mol. The summed E-state index contributed by atoms with van der Waals surface area (Å²) >= 11 is 4.66. The van der Waals surface area contributed by atoms with Crippen LogP contribution in [0.15, 0.2) is 58.4 Å². The average Bonchev–Trinajstić information content (AvgIpc) is 3.08. The largest absolute Gasteiger partial charge is 0.343 e. The van der Waals surface area contributed by atoms with Gasteiger partial charge >= 0.3 is 0 Å². The topological polar surface area (TPSA) is 71.1 Å². The molecule has 0 bridgehead atoms. The van der Waals surface area contributed by atoms with Crippen LogP contribution in [-0.4, -0.2) is 23.3 Å². The molecule has 0 saturated carbocycles. The van der Waals surface area contributed by atoms with Gasteiger partial charge in [-0.05, 0) is 25.1 Å². The summed E-state index contributed by atoms with van der Waals surface area (Å²) in [7, 11) is 0. The molecule has 0 spiro atoms. The smallest absolute Gasteiger partial charge is 0.251 e. The Balaban J connectivity index is 1.55. The molecule has 2 N–H and O–H groups in total. The van der Waals surface area contributed by atoms with Gasteiger partial charge in [-0.3, -0.25) is 9.59 Å². The first kappa shape index (κ1) is 18.3. The summed E-state index contributed by atoms with van der Waals surface area (Å²) in [6.45, 7) is 1.91. The van der Waals surface area contributed by atoms with Crippen LogP contribution in [0.2, 0.25) is 0 Å². The summed E-state index contributed by atoms with van der Waals surface area (Å²) in [4.78, 5) is 28.5. The molecule has 0 saturated heterocycles. The van der Waals surface area contributed by atoms with E-state index in [2.05, 4.69) is 31.5 Å². The van der Waals surface area contributed by atoms with Gasteiger partial charge in [0.05, 0.1) is 12.2 Å². The zero-order chi connectivity index (χ0) is 18.5. The van der Waals surface area contributed by atoms with Crippen molar-refractivity contribution in [3.63, 3.8) is 0 Å². The van der Waals surface area contributed by atoms with Gasteiger partial charge in [-0.15, -0.1) is 11.3 Å². The number of hydrogen-bond donors (Lipinski definition) is 2. The Kier molecular flexibility index (Phi) is 5.80.